The number of ether oxygens (including phenoxy) is 7. The number of carboxylic acid groups (broad SMARTS) is 4. The SMILES string of the molecule is CC(=O)O.CC(=O)O.CC(=O)O.CC(=O)OCC[C@@H](OC(C)=O)[C@H](OC(C)=O)[C@@H](OC(C)=O)C(=O)NCCN(CCNC(=O)C[C@@H](C[C@@H](COC(C)=O)OC(C)=O)OC(C)=O)C(=O)CCC(=O)O. The molecule has 28 heteroatoms. The maximum atomic E-state index is 13.4. The first-order chi connectivity index (χ1) is 31.3. The molecule has 0 spiro atoms. The number of carboxylic acids is 4. The van der Waals surface area contributed by atoms with Gasteiger partial charge in [0.2, 0.25) is 17.9 Å². The van der Waals surface area contributed by atoms with Crippen molar-refractivity contribution in [3.05, 3.63) is 0 Å². The fourth-order valence-electron chi connectivity index (χ4n) is 4.85. The highest BCUT2D eigenvalue weighted by atomic mass is 16.6. The van der Waals surface area contributed by atoms with Crippen molar-refractivity contribution < 1.29 is 121 Å². The molecule has 0 aliphatic rings. The largest absolute Gasteiger partial charge is 0.481 e. The molecule has 3 amide bonds. The smallest absolute Gasteiger partial charge is 0.303 e. The van der Waals surface area contributed by atoms with E-state index in [0.717, 1.165) is 74.1 Å². The molecule has 0 aromatic rings. The lowest BCUT2D eigenvalue weighted by Crippen LogP contribution is -2.53. The Kier molecular flexibility index (Phi) is 38.3. The van der Waals surface area contributed by atoms with Crippen LogP contribution in [-0.4, -0.2) is 179 Å². The zero-order valence-corrected chi connectivity index (χ0v) is 39.5. The zero-order chi connectivity index (χ0) is 53.7. The molecular weight excluding hydrogens is 922 g/mol. The molecule has 0 aromatic carbocycles. The van der Waals surface area contributed by atoms with E-state index in [1.165, 1.54) is 0 Å². The van der Waals surface area contributed by atoms with Gasteiger partial charge in [0.25, 0.3) is 23.8 Å². The third-order valence-corrected chi connectivity index (χ3v) is 6.91. The van der Waals surface area contributed by atoms with Crippen LogP contribution >= 0.6 is 0 Å². The highest BCUT2D eigenvalue weighted by molar-refractivity contribution is 5.85. The van der Waals surface area contributed by atoms with Gasteiger partial charge in [0.05, 0.1) is 19.4 Å². The topological polar surface area (TPSA) is 412 Å². The van der Waals surface area contributed by atoms with E-state index in [1.54, 1.807) is 0 Å². The zero-order valence-electron chi connectivity index (χ0n) is 39.5. The summed E-state index contributed by atoms with van der Waals surface area (Å²) in [7, 11) is 0. The molecule has 68 heavy (non-hydrogen) atoms. The van der Waals surface area contributed by atoms with Crippen LogP contribution in [0.15, 0.2) is 0 Å². The number of amides is 3. The van der Waals surface area contributed by atoms with E-state index in [-0.39, 0.29) is 52.2 Å². The van der Waals surface area contributed by atoms with Gasteiger partial charge < -0.3 is 69.1 Å². The molecule has 28 nitrogen and oxygen atoms in total. The van der Waals surface area contributed by atoms with Gasteiger partial charge in [0, 0.05) is 115 Å². The van der Waals surface area contributed by atoms with Gasteiger partial charge in [-0.25, -0.2) is 0 Å². The molecule has 6 N–H and O–H groups in total. The lowest BCUT2D eigenvalue weighted by atomic mass is 10.0. The molecule has 0 heterocycles. The number of rotatable bonds is 26. The van der Waals surface area contributed by atoms with E-state index in [1.807, 2.05) is 0 Å². The second-order valence-electron chi connectivity index (χ2n) is 13.6. The van der Waals surface area contributed by atoms with Crippen molar-refractivity contribution in [3.63, 3.8) is 0 Å². The molecule has 388 valence electrons. The van der Waals surface area contributed by atoms with Gasteiger partial charge in [0.15, 0.2) is 6.10 Å². The Morgan fingerprint density at radius 2 is 0.926 bits per heavy atom. The van der Waals surface area contributed by atoms with Crippen LogP contribution in [0.5, 0.6) is 0 Å². The summed E-state index contributed by atoms with van der Waals surface area (Å²) >= 11 is 0. The number of esters is 7. The van der Waals surface area contributed by atoms with E-state index in [0.29, 0.717) is 0 Å². The van der Waals surface area contributed by atoms with E-state index < -0.39 is 133 Å². The first kappa shape index (κ1) is 67.2. The van der Waals surface area contributed by atoms with E-state index in [4.69, 9.17) is 68.0 Å². The summed E-state index contributed by atoms with van der Waals surface area (Å²) in [5.74, 6) is -11.8. The summed E-state index contributed by atoms with van der Waals surface area (Å²) in [6.07, 6.45) is -9.16. The number of aliphatic carboxylic acids is 4. The van der Waals surface area contributed by atoms with E-state index in [2.05, 4.69) is 10.6 Å². The van der Waals surface area contributed by atoms with Crippen molar-refractivity contribution in [1.29, 1.82) is 0 Å². The molecule has 0 aromatic heterocycles. The molecule has 0 radical (unpaired) electrons. The van der Waals surface area contributed by atoms with Crippen molar-refractivity contribution >= 4 is 83.4 Å². The summed E-state index contributed by atoms with van der Waals surface area (Å²) in [4.78, 5) is 160. The summed E-state index contributed by atoms with van der Waals surface area (Å²) < 4.78 is 35.6. The van der Waals surface area contributed by atoms with Crippen LogP contribution < -0.4 is 10.6 Å². The van der Waals surface area contributed by atoms with Gasteiger partial charge in [-0.1, -0.05) is 0 Å². The predicted molar refractivity (Wildman–Crippen MR) is 224 cm³/mol. The minimum atomic E-state index is -1.91. The van der Waals surface area contributed by atoms with Crippen molar-refractivity contribution in [2.75, 3.05) is 39.4 Å². The summed E-state index contributed by atoms with van der Waals surface area (Å²) in [6, 6.07) is 0. The van der Waals surface area contributed by atoms with Crippen LogP contribution in [0.2, 0.25) is 0 Å². The van der Waals surface area contributed by atoms with Crippen LogP contribution in [0.4, 0.5) is 0 Å². The quantitative estimate of drug-likeness (QED) is 0.0453. The average molecular weight is 986 g/mol. The van der Waals surface area contributed by atoms with Crippen LogP contribution in [0.25, 0.3) is 0 Å². The summed E-state index contributed by atoms with van der Waals surface area (Å²) in [6.45, 7) is 8.90. The number of hydrogen-bond donors (Lipinski definition) is 6. The third-order valence-electron chi connectivity index (χ3n) is 6.91. The maximum absolute atomic E-state index is 13.4. The molecular formula is C40H63N3O25. The Morgan fingerprint density at radius 1 is 0.500 bits per heavy atom. The van der Waals surface area contributed by atoms with Crippen molar-refractivity contribution in [1.82, 2.24) is 15.5 Å². The molecule has 0 bridgehead atoms. The van der Waals surface area contributed by atoms with Gasteiger partial charge >= 0.3 is 47.8 Å². The Morgan fingerprint density at radius 3 is 1.34 bits per heavy atom. The van der Waals surface area contributed by atoms with Gasteiger partial charge in [-0.2, -0.15) is 0 Å². The van der Waals surface area contributed by atoms with Crippen LogP contribution in [0.3, 0.4) is 0 Å². The molecule has 0 saturated carbocycles. The lowest BCUT2D eigenvalue weighted by Gasteiger charge is -2.31. The number of carbonyl (C=O) groups excluding carboxylic acids is 10. The maximum Gasteiger partial charge on any atom is 0.303 e. The highest BCUT2D eigenvalue weighted by Crippen LogP contribution is 2.18. The molecule has 0 saturated heterocycles. The van der Waals surface area contributed by atoms with Gasteiger partial charge in [0.1, 0.15) is 24.9 Å². The van der Waals surface area contributed by atoms with Crippen molar-refractivity contribution in [3.8, 4) is 0 Å². The predicted octanol–water partition coefficient (Wildman–Crippen LogP) is -0.860. The summed E-state index contributed by atoms with van der Waals surface area (Å²) in [5, 5.41) is 36.3. The minimum Gasteiger partial charge on any atom is -0.481 e. The van der Waals surface area contributed by atoms with Crippen molar-refractivity contribution in [2.45, 2.75) is 132 Å². The molecule has 0 aliphatic carbocycles. The second kappa shape index (κ2) is 38.8. The van der Waals surface area contributed by atoms with E-state index in [9.17, 15) is 52.7 Å². The number of carbonyl (C=O) groups is 14. The number of hydrogen-bond acceptors (Lipinski definition) is 21. The first-order valence-corrected chi connectivity index (χ1v) is 20.1. The number of nitrogens with zero attached hydrogens (tertiary/aromatic N) is 1. The van der Waals surface area contributed by atoms with Gasteiger partial charge in [-0.05, 0) is 0 Å². The second-order valence-corrected chi connectivity index (χ2v) is 13.6. The molecule has 5 atom stereocenters. The van der Waals surface area contributed by atoms with Crippen LogP contribution in [0, 0.1) is 0 Å². The summed E-state index contributed by atoms with van der Waals surface area (Å²) in [5.41, 5.74) is 0. The lowest BCUT2D eigenvalue weighted by molar-refractivity contribution is -0.187. The molecule has 0 unspecified atom stereocenters. The molecule has 0 fully saturated rings. The fraction of sp³-hybridized carbons (Fsp3) is 0.650. The third kappa shape index (κ3) is 46.6. The Labute approximate surface area is 390 Å². The van der Waals surface area contributed by atoms with Crippen LogP contribution in [0.1, 0.15) is 101 Å². The average Bonchev–Trinajstić information content (AvgIpc) is 3.14. The van der Waals surface area contributed by atoms with Crippen molar-refractivity contribution in [2.24, 2.45) is 0 Å². The Hall–Kier alpha value is -7.42. The highest BCUT2D eigenvalue weighted by Gasteiger charge is 2.41. The minimum absolute atomic E-state index is 0.209. The fourth-order valence-corrected chi connectivity index (χ4v) is 4.85. The van der Waals surface area contributed by atoms with E-state index >= 15 is 0 Å². The Bertz CT molecular complexity index is 1670. The van der Waals surface area contributed by atoms with Crippen LogP contribution in [-0.2, 0) is 100 Å². The Balaban J connectivity index is -0.00000151. The van der Waals surface area contributed by atoms with Gasteiger partial charge in [-0.15, -0.1) is 0 Å². The normalized spacial score (nSPS) is 11.9. The first-order valence-electron chi connectivity index (χ1n) is 20.1. The monoisotopic (exact) mass is 985 g/mol. The number of nitrogens with one attached hydrogen (secondary N) is 2. The molecule has 0 rings (SSSR count). The van der Waals surface area contributed by atoms with Gasteiger partial charge in [-0.3, -0.25) is 67.1 Å². The molecule has 0 aliphatic heterocycles. The standard InChI is InChI=1S/C34H51N3O19.3C2H4O2/c1-19(38)50-15-10-28(54-23(5)42)32(55-24(6)43)33(56-25(7)44)34(49)36-12-14-37(30(46)8-9-31(47)48)13-11-35-29(45)17-26(52-21(3)40)16-27(53-22(4)41)18-51-20(2)39;3*1-2(3)4/h26-28,32-33H,8-18H2,1-7H3,(H,35,45)(H,36,49)(H,47,48);3*1H3,(H,3,4)/t26-,27+,28-,32+,33-;;;/m1.../s1.